The SMILES string of the molecule is N[C@H]1CCCOc2ccc(Cc3ccccc3)cc21. The zero-order valence-corrected chi connectivity index (χ0v) is 11.0. The van der Waals surface area contributed by atoms with E-state index >= 15 is 0 Å². The summed E-state index contributed by atoms with van der Waals surface area (Å²) in [5, 5.41) is 0. The molecule has 2 aromatic rings. The molecule has 0 radical (unpaired) electrons. The topological polar surface area (TPSA) is 35.2 Å². The maximum atomic E-state index is 6.23. The number of fused-ring (bicyclic) bond motifs is 1. The number of ether oxygens (including phenoxy) is 1. The van der Waals surface area contributed by atoms with Crippen molar-refractivity contribution in [1.29, 1.82) is 0 Å². The first-order chi connectivity index (χ1) is 9.33. The number of nitrogens with two attached hydrogens (primary N) is 1. The second kappa shape index (κ2) is 5.45. The van der Waals surface area contributed by atoms with E-state index in [4.69, 9.17) is 10.5 Å². The van der Waals surface area contributed by atoms with Gasteiger partial charge in [0.05, 0.1) is 6.61 Å². The van der Waals surface area contributed by atoms with Crippen LogP contribution in [0.5, 0.6) is 5.75 Å². The van der Waals surface area contributed by atoms with E-state index in [-0.39, 0.29) is 6.04 Å². The Bertz CT molecular complexity index is 550. The standard InChI is InChI=1S/C17H19NO/c18-16-7-4-10-19-17-9-8-14(12-15(16)17)11-13-5-2-1-3-6-13/h1-3,5-6,8-9,12,16H,4,7,10-11,18H2/t16-/m0/s1. The summed E-state index contributed by atoms with van der Waals surface area (Å²) in [6, 6.07) is 17.0. The molecular formula is C17H19NO. The van der Waals surface area contributed by atoms with Crippen LogP contribution in [0.25, 0.3) is 0 Å². The molecule has 2 nitrogen and oxygen atoms in total. The molecule has 0 aromatic heterocycles. The molecule has 0 unspecified atom stereocenters. The lowest BCUT2D eigenvalue weighted by atomic mass is 9.97. The van der Waals surface area contributed by atoms with Crippen molar-refractivity contribution in [1.82, 2.24) is 0 Å². The van der Waals surface area contributed by atoms with E-state index in [1.165, 1.54) is 11.1 Å². The Morgan fingerprint density at radius 3 is 2.74 bits per heavy atom. The lowest BCUT2D eigenvalue weighted by molar-refractivity contribution is 0.316. The molecule has 98 valence electrons. The molecule has 0 saturated carbocycles. The molecule has 0 amide bonds. The van der Waals surface area contributed by atoms with Crippen LogP contribution in [0.15, 0.2) is 48.5 Å². The summed E-state index contributed by atoms with van der Waals surface area (Å²) in [5.41, 5.74) is 10.0. The molecule has 2 aromatic carbocycles. The third-order valence-corrected chi connectivity index (χ3v) is 3.64. The van der Waals surface area contributed by atoms with Crippen molar-refractivity contribution in [2.75, 3.05) is 6.61 Å². The van der Waals surface area contributed by atoms with Crippen LogP contribution in [0.4, 0.5) is 0 Å². The van der Waals surface area contributed by atoms with Crippen LogP contribution >= 0.6 is 0 Å². The lowest BCUT2D eigenvalue weighted by Crippen LogP contribution is -2.09. The Morgan fingerprint density at radius 1 is 1.05 bits per heavy atom. The molecule has 0 aliphatic carbocycles. The van der Waals surface area contributed by atoms with Crippen molar-refractivity contribution in [2.24, 2.45) is 5.73 Å². The Kier molecular flexibility index (Phi) is 3.51. The first-order valence-electron chi connectivity index (χ1n) is 6.88. The minimum Gasteiger partial charge on any atom is -0.493 e. The van der Waals surface area contributed by atoms with Gasteiger partial charge in [-0.3, -0.25) is 0 Å². The molecule has 0 spiro atoms. The molecule has 2 N–H and O–H groups in total. The molecule has 1 aliphatic rings. The van der Waals surface area contributed by atoms with Gasteiger partial charge in [-0.05, 0) is 36.5 Å². The van der Waals surface area contributed by atoms with Crippen molar-refractivity contribution < 1.29 is 4.74 Å². The van der Waals surface area contributed by atoms with Crippen molar-refractivity contribution in [3.05, 3.63) is 65.2 Å². The number of hydrogen-bond donors (Lipinski definition) is 1. The monoisotopic (exact) mass is 253 g/mol. The Morgan fingerprint density at radius 2 is 1.89 bits per heavy atom. The first-order valence-corrected chi connectivity index (χ1v) is 6.88. The molecule has 2 heteroatoms. The highest BCUT2D eigenvalue weighted by Gasteiger charge is 2.16. The molecule has 0 fully saturated rings. The van der Waals surface area contributed by atoms with Gasteiger partial charge in [0.25, 0.3) is 0 Å². The molecule has 0 bridgehead atoms. The third kappa shape index (κ3) is 2.79. The Labute approximate surface area is 114 Å². The lowest BCUT2D eigenvalue weighted by Gasteiger charge is -2.13. The van der Waals surface area contributed by atoms with Gasteiger partial charge in [-0.15, -0.1) is 0 Å². The van der Waals surface area contributed by atoms with E-state index in [0.717, 1.165) is 37.2 Å². The second-order valence-electron chi connectivity index (χ2n) is 5.13. The average Bonchev–Trinajstić information content (AvgIpc) is 2.62. The third-order valence-electron chi connectivity index (χ3n) is 3.64. The zero-order chi connectivity index (χ0) is 13.1. The molecule has 19 heavy (non-hydrogen) atoms. The predicted molar refractivity (Wildman–Crippen MR) is 77.3 cm³/mol. The van der Waals surface area contributed by atoms with E-state index in [9.17, 15) is 0 Å². The normalized spacial score (nSPS) is 18.3. The van der Waals surface area contributed by atoms with Gasteiger partial charge in [0.15, 0.2) is 0 Å². The summed E-state index contributed by atoms with van der Waals surface area (Å²) in [6.07, 6.45) is 2.98. The van der Waals surface area contributed by atoms with Crippen molar-refractivity contribution in [3.8, 4) is 5.75 Å². The summed E-state index contributed by atoms with van der Waals surface area (Å²) >= 11 is 0. The highest BCUT2D eigenvalue weighted by molar-refractivity contribution is 5.41. The minimum atomic E-state index is 0.105. The summed E-state index contributed by atoms with van der Waals surface area (Å²) in [5.74, 6) is 0.960. The zero-order valence-electron chi connectivity index (χ0n) is 11.0. The van der Waals surface area contributed by atoms with E-state index in [0.29, 0.717) is 0 Å². The smallest absolute Gasteiger partial charge is 0.124 e. The maximum Gasteiger partial charge on any atom is 0.124 e. The van der Waals surface area contributed by atoms with Gasteiger partial charge in [0.1, 0.15) is 5.75 Å². The highest BCUT2D eigenvalue weighted by Crippen LogP contribution is 2.31. The predicted octanol–water partition coefficient (Wildman–Crippen LogP) is 3.45. The van der Waals surface area contributed by atoms with Crippen LogP contribution in [-0.4, -0.2) is 6.61 Å². The summed E-state index contributed by atoms with van der Waals surface area (Å²) in [4.78, 5) is 0. The van der Waals surface area contributed by atoms with Gasteiger partial charge in [-0.25, -0.2) is 0 Å². The van der Waals surface area contributed by atoms with Crippen LogP contribution in [0, 0.1) is 0 Å². The summed E-state index contributed by atoms with van der Waals surface area (Å²) < 4.78 is 5.74. The van der Waals surface area contributed by atoms with Crippen LogP contribution < -0.4 is 10.5 Å². The van der Waals surface area contributed by atoms with Crippen LogP contribution in [0.2, 0.25) is 0 Å². The highest BCUT2D eigenvalue weighted by atomic mass is 16.5. The summed E-state index contributed by atoms with van der Waals surface area (Å²) in [7, 11) is 0. The van der Waals surface area contributed by atoms with E-state index < -0.39 is 0 Å². The number of rotatable bonds is 2. The molecule has 1 atom stereocenters. The molecule has 1 heterocycles. The molecular weight excluding hydrogens is 234 g/mol. The fraction of sp³-hybridized carbons (Fsp3) is 0.294. The van der Waals surface area contributed by atoms with Gasteiger partial charge in [0, 0.05) is 11.6 Å². The maximum absolute atomic E-state index is 6.23. The number of hydrogen-bond acceptors (Lipinski definition) is 2. The minimum absolute atomic E-state index is 0.105. The van der Waals surface area contributed by atoms with Crippen molar-refractivity contribution >= 4 is 0 Å². The molecule has 3 rings (SSSR count). The van der Waals surface area contributed by atoms with E-state index in [1.807, 2.05) is 6.07 Å². The van der Waals surface area contributed by atoms with Gasteiger partial charge in [-0.2, -0.15) is 0 Å². The van der Waals surface area contributed by atoms with Crippen molar-refractivity contribution in [3.63, 3.8) is 0 Å². The Balaban J connectivity index is 1.88. The fourth-order valence-electron chi connectivity index (χ4n) is 2.60. The largest absolute Gasteiger partial charge is 0.493 e. The van der Waals surface area contributed by atoms with Crippen molar-refractivity contribution in [2.45, 2.75) is 25.3 Å². The van der Waals surface area contributed by atoms with Crippen LogP contribution in [-0.2, 0) is 6.42 Å². The quantitative estimate of drug-likeness (QED) is 0.889. The molecule has 0 saturated heterocycles. The van der Waals surface area contributed by atoms with Gasteiger partial charge in [-0.1, -0.05) is 42.5 Å². The fourth-order valence-corrected chi connectivity index (χ4v) is 2.60. The van der Waals surface area contributed by atoms with Crippen LogP contribution in [0.3, 0.4) is 0 Å². The Hall–Kier alpha value is -1.80. The summed E-state index contributed by atoms with van der Waals surface area (Å²) in [6.45, 7) is 0.777. The average molecular weight is 253 g/mol. The van der Waals surface area contributed by atoms with Crippen LogP contribution in [0.1, 0.15) is 35.6 Å². The van der Waals surface area contributed by atoms with E-state index in [2.05, 4.69) is 42.5 Å². The van der Waals surface area contributed by atoms with Gasteiger partial charge < -0.3 is 10.5 Å². The van der Waals surface area contributed by atoms with Gasteiger partial charge >= 0.3 is 0 Å². The molecule has 1 aliphatic heterocycles. The van der Waals surface area contributed by atoms with E-state index in [1.54, 1.807) is 0 Å². The van der Waals surface area contributed by atoms with Gasteiger partial charge in [0.2, 0.25) is 0 Å². The number of benzene rings is 2. The first kappa shape index (κ1) is 12.2. The second-order valence-corrected chi connectivity index (χ2v) is 5.13.